The Hall–Kier alpha value is -4.64. The van der Waals surface area contributed by atoms with Gasteiger partial charge in [0.1, 0.15) is 0 Å². The SMILES string of the molecule is O=C(O)CCSCc1cccc(C(=O)Nc2ccccc2-c2cc(C(=O)NCc3cccc(C(F)(F)F)c3)ccn2)c1. The lowest BCUT2D eigenvalue weighted by Crippen LogP contribution is -2.23. The summed E-state index contributed by atoms with van der Waals surface area (Å²) < 4.78 is 39.0. The molecule has 0 saturated heterocycles. The number of carbonyl (C=O) groups is 3. The number of aliphatic carboxylic acids is 1. The molecule has 42 heavy (non-hydrogen) atoms. The van der Waals surface area contributed by atoms with Crippen molar-refractivity contribution in [3.8, 4) is 11.3 Å². The minimum atomic E-state index is -4.48. The van der Waals surface area contributed by atoms with Crippen molar-refractivity contribution in [2.24, 2.45) is 0 Å². The van der Waals surface area contributed by atoms with Gasteiger partial charge in [0.05, 0.1) is 23.4 Å². The van der Waals surface area contributed by atoms with E-state index in [1.807, 2.05) is 6.07 Å². The number of benzene rings is 3. The molecule has 3 N–H and O–H groups in total. The van der Waals surface area contributed by atoms with Gasteiger partial charge in [0.15, 0.2) is 0 Å². The highest BCUT2D eigenvalue weighted by Crippen LogP contribution is 2.30. The maximum atomic E-state index is 13.1. The fraction of sp³-hybridized carbons (Fsp3) is 0.161. The van der Waals surface area contributed by atoms with E-state index >= 15 is 0 Å². The van der Waals surface area contributed by atoms with Crippen LogP contribution in [0, 0.1) is 0 Å². The van der Waals surface area contributed by atoms with Gasteiger partial charge in [0.25, 0.3) is 11.8 Å². The van der Waals surface area contributed by atoms with Gasteiger partial charge in [0.2, 0.25) is 0 Å². The predicted octanol–water partition coefficient (Wildman–Crippen LogP) is 6.66. The summed E-state index contributed by atoms with van der Waals surface area (Å²) in [6, 6.07) is 21.8. The Balaban J connectivity index is 1.45. The van der Waals surface area contributed by atoms with Crippen LogP contribution in [0.15, 0.2) is 91.1 Å². The van der Waals surface area contributed by atoms with Crippen LogP contribution in [0.3, 0.4) is 0 Å². The fourth-order valence-electron chi connectivity index (χ4n) is 4.02. The van der Waals surface area contributed by atoms with Gasteiger partial charge in [-0.1, -0.05) is 42.5 Å². The summed E-state index contributed by atoms with van der Waals surface area (Å²) >= 11 is 1.47. The third-order valence-electron chi connectivity index (χ3n) is 6.10. The summed E-state index contributed by atoms with van der Waals surface area (Å²) in [6.07, 6.45) is -2.97. The molecule has 0 saturated carbocycles. The van der Waals surface area contributed by atoms with Gasteiger partial charge >= 0.3 is 12.1 Å². The normalized spacial score (nSPS) is 11.1. The second-order valence-corrected chi connectivity index (χ2v) is 10.3. The standard InChI is InChI=1S/C31H26F3N3O4S/c32-31(33,34)24-8-4-5-20(16-24)18-36-29(40)23-11-13-35-27(17-23)25-9-1-2-10-26(25)37-30(41)22-7-3-6-21(15-22)19-42-14-12-28(38)39/h1-11,13,15-17H,12,14,18-19H2,(H,36,40)(H,37,41)(H,38,39). The first-order valence-corrected chi connectivity index (χ1v) is 14.0. The monoisotopic (exact) mass is 593 g/mol. The Morgan fingerprint density at radius 3 is 2.36 bits per heavy atom. The van der Waals surface area contributed by atoms with Gasteiger partial charge in [0, 0.05) is 40.9 Å². The summed E-state index contributed by atoms with van der Waals surface area (Å²) in [6.45, 7) is -0.0931. The molecule has 216 valence electrons. The average molecular weight is 594 g/mol. The zero-order chi connectivity index (χ0) is 30.1. The molecule has 2 amide bonds. The van der Waals surface area contributed by atoms with Crippen molar-refractivity contribution < 1.29 is 32.7 Å². The summed E-state index contributed by atoms with van der Waals surface area (Å²) in [5.41, 5.74) is 2.54. The third kappa shape index (κ3) is 8.43. The van der Waals surface area contributed by atoms with Crippen molar-refractivity contribution in [2.75, 3.05) is 11.1 Å². The fourth-order valence-corrected chi connectivity index (χ4v) is 4.90. The number of thioether (sulfide) groups is 1. The van der Waals surface area contributed by atoms with Gasteiger partial charge in [-0.3, -0.25) is 19.4 Å². The zero-order valence-electron chi connectivity index (χ0n) is 22.1. The van der Waals surface area contributed by atoms with E-state index in [1.165, 1.54) is 36.2 Å². The Labute approximate surface area is 244 Å². The number of carbonyl (C=O) groups excluding carboxylic acids is 2. The molecule has 3 aromatic carbocycles. The van der Waals surface area contributed by atoms with Gasteiger partial charge in [-0.05, 0) is 53.6 Å². The van der Waals surface area contributed by atoms with Crippen LogP contribution in [0.2, 0.25) is 0 Å². The second kappa shape index (κ2) is 13.8. The quantitative estimate of drug-likeness (QED) is 0.168. The third-order valence-corrected chi connectivity index (χ3v) is 7.13. The first-order valence-electron chi connectivity index (χ1n) is 12.8. The molecule has 0 radical (unpaired) electrons. The maximum absolute atomic E-state index is 13.1. The minimum absolute atomic E-state index is 0.0638. The molecule has 0 unspecified atom stereocenters. The number of aromatic nitrogens is 1. The van der Waals surface area contributed by atoms with E-state index in [-0.39, 0.29) is 24.4 Å². The number of pyridine rings is 1. The van der Waals surface area contributed by atoms with Crippen LogP contribution >= 0.6 is 11.8 Å². The van der Waals surface area contributed by atoms with Crippen molar-refractivity contribution in [1.82, 2.24) is 10.3 Å². The second-order valence-electron chi connectivity index (χ2n) is 9.21. The Bertz CT molecular complexity index is 1590. The number of carboxylic acid groups (broad SMARTS) is 1. The largest absolute Gasteiger partial charge is 0.481 e. The summed E-state index contributed by atoms with van der Waals surface area (Å²) in [4.78, 5) is 41.0. The summed E-state index contributed by atoms with van der Waals surface area (Å²) in [5, 5.41) is 14.3. The number of nitrogens with one attached hydrogen (secondary N) is 2. The van der Waals surface area contributed by atoms with Crippen molar-refractivity contribution in [3.05, 3.63) is 119 Å². The minimum Gasteiger partial charge on any atom is -0.481 e. The molecular formula is C31H26F3N3O4S. The van der Waals surface area contributed by atoms with E-state index in [2.05, 4.69) is 15.6 Å². The lowest BCUT2D eigenvalue weighted by molar-refractivity contribution is -0.138. The van der Waals surface area contributed by atoms with E-state index in [0.29, 0.717) is 39.6 Å². The van der Waals surface area contributed by atoms with Crippen LogP contribution < -0.4 is 10.6 Å². The lowest BCUT2D eigenvalue weighted by Gasteiger charge is -2.13. The van der Waals surface area contributed by atoms with Crippen LogP contribution in [0.25, 0.3) is 11.3 Å². The van der Waals surface area contributed by atoms with Crippen LogP contribution in [0.5, 0.6) is 0 Å². The number of anilines is 1. The van der Waals surface area contributed by atoms with Gasteiger partial charge in [-0.2, -0.15) is 24.9 Å². The number of carboxylic acids is 1. The highest BCUT2D eigenvalue weighted by atomic mass is 32.2. The number of halogens is 3. The molecule has 0 aliphatic carbocycles. The number of nitrogens with zero attached hydrogens (tertiary/aromatic N) is 1. The molecule has 0 aliphatic heterocycles. The molecular weight excluding hydrogens is 567 g/mol. The molecule has 1 aromatic heterocycles. The molecule has 11 heteroatoms. The zero-order valence-corrected chi connectivity index (χ0v) is 23.0. The van der Waals surface area contributed by atoms with Crippen molar-refractivity contribution in [3.63, 3.8) is 0 Å². The highest BCUT2D eigenvalue weighted by Gasteiger charge is 2.30. The number of para-hydroxylation sites is 1. The number of hydrogen-bond donors (Lipinski definition) is 3. The smallest absolute Gasteiger partial charge is 0.416 e. The number of hydrogen-bond acceptors (Lipinski definition) is 5. The predicted molar refractivity (Wildman–Crippen MR) is 155 cm³/mol. The maximum Gasteiger partial charge on any atom is 0.416 e. The van der Waals surface area contributed by atoms with Crippen molar-refractivity contribution in [1.29, 1.82) is 0 Å². The Morgan fingerprint density at radius 1 is 0.833 bits per heavy atom. The van der Waals surface area contributed by atoms with Gasteiger partial charge in [-0.25, -0.2) is 0 Å². The highest BCUT2D eigenvalue weighted by molar-refractivity contribution is 7.98. The van der Waals surface area contributed by atoms with E-state index in [1.54, 1.807) is 48.5 Å². The average Bonchev–Trinajstić information content (AvgIpc) is 2.98. The molecule has 0 fully saturated rings. The number of rotatable bonds is 11. The molecule has 4 rings (SSSR count). The van der Waals surface area contributed by atoms with Crippen LogP contribution in [-0.4, -0.2) is 33.6 Å². The molecule has 0 aliphatic rings. The number of alkyl halides is 3. The number of amides is 2. The van der Waals surface area contributed by atoms with E-state index < -0.39 is 23.6 Å². The first-order chi connectivity index (χ1) is 20.1. The Morgan fingerprint density at radius 2 is 1.57 bits per heavy atom. The van der Waals surface area contributed by atoms with Crippen LogP contribution in [0.1, 0.15) is 43.8 Å². The molecule has 0 spiro atoms. The van der Waals surface area contributed by atoms with Crippen molar-refractivity contribution in [2.45, 2.75) is 24.9 Å². The van der Waals surface area contributed by atoms with Crippen molar-refractivity contribution >= 4 is 35.2 Å². The summed E-state index contributed by atoms with van der Waals surface area (Å²) in [7, 11) is 0. The topological polar surface area (TPSA) is 108 Å². The van der Waals surface area contributed by atoms with Crippen LogP contribution in [-0.2, 0) is 23.3 Å². The van der Waals surface area contributed by atoms with Gasteiger partial charge in [-0.15, -0.1) is 0 Å². The van der Waals surface area contributed by atoms with Crippen LogP contribution in [0.4, 0.5) is 18.9 Å². The Kier molecular flexibility index (Phi) is 9.98. The lowest BCUT2D eigenvalue weighted by atomic mass is 10.1. The molecule has 0 atom stereocenters. The van der Waals surface area contributed by atoms with Gasteiger partial charge < -0.3 is 15.7 Å². The van der Waals surface area contributed by atoms with E-state index in [4.69, 9.17) is 5.11 Å². The molecule has 7 nitrogen and oxygen atoms in total. The molecule has 1 heterocycles. The summed E-state index contributed by atoms with van der Waals surface area (Å²) in [5.74, 6) is -0.665. The first kappa shape index (κ1) is 30.3. The molecule has 4 aromatic rings. The van der Waals surface area contributed by atoms with E-state index in [0.717, 1.165) is 17.7 Å². The molecule has 0 bridgehead atoms. The van der Waals surface area contributed by atoms with E-state index in [9.17, 15) is 27.6 Å².